The number of aromatic carboxylic acids is 1. The summed E-state index contributed by atoms with van der Waals surface area (Å²) in [6.07, 6.45) is 4.20. The van der Waals surface area contributed by atoms with Gasteiger partial charge in [0.1, 0.15) is 5.69 Å². The maximum absolute atomic E-state index is 12.3. The number of benzene rings is 1. The second-order valence-electron chi connectivity index (χ2n) is 5.22. The van der Waals surface area contributed by atoms with Gasteiger partial charge in [0.2, 0.25) is 0 Å². The van der Waals surface area contributed by atoms with Crippen LogP contribution < -0.4 is 0 Å². The van der Waals surface area contributed by atoms with Crippen LogP contribution in [-0.2, 0) is 6.42 Å². The Kier molecular flexibility index (Phi) is 4.61. The monoisotopic (exact) mass is 297 g/mol. The van der Waals surface area contributed by atoms with Crippen LogP contribution in [0.1, 0.15) is 50.2 Å². The highest BCUT2D eigenvalue weighted by atomic mass is 16.4. The van der Waals surface area contributed by atoms with Crippen molar-refractivity contribution in [3.8, 4) is 0 Å². The molecule has 2 aromatic rings. The number of allylic oxidation sites excluding steroid dienone is 1. The lowest BCUT2D eigenvalue weighted by atomic mass is 10.0. The number of carbonyl (C=O) groups excluding carboxylic acids is 1. The predicted octanol–water partition coefficient (Wildman–Crippen LogP) is 3.79. The summed E-state index contributed by atoms with van der Waals surface area (Å²) in [6.45, 7) is 5.44. The van der Waals surface area contributed by atoms with Crippen LogP contribution >= 0.6 is 0 Å². The van der Waals surface area contributed by atoms with E-state index in [1.54, 1.807) is 19.9 Å². The SMILES string of the molecule is CCc1ccc(/C=C/C(=O)c2c(C)[nH]c(C(=O)O)c2C)cc1. The number of aryl methyl sites for hydroxylation is 2. The van der Waals surface area contributed by atoms with E-state index in [0.717, 1.165) is 12.0 Å². The molecule has 0 aliphatic carbocycles. The van der Waals surface area contributed by atoms with Crippen LogP contribution in [0.15, 0.2) is 30.3 Å². The van der Waals surface area contributed by atoms with E-state index in [1.807, 2.05) is 24.3 Å². The van der Waals surface area contributed by atoms with Gasteiger partial charge in [-0.15, -0.1) is 0 Å². The van der Waals surface area contributed by atoms with Gasteiger partial charge >= 0.3 is 5.97 Å². The van der Waals surface area contributed by atoms with Gasteiger partial charge in [-0.1, -0.05) is 37.3 Å². The molecule has 114 valence electrons. The summed E-state index contributed by atoms with van der Waals surface area (Å²) in [6, 6.07) is 7.98. The average Bonchev–Trinajstić information content (AvgIpc) is 2.80. The van der Waals surface area contributed by atoms with Crippen molar-refractivity contribution in [1.29, 1.82) is 0 Å². The lowest BCUT2D eigenvalue weighted by Crippen LogP contribution is -2.01. The molecule has 0 saturated heterocycles. The Morgan fingerprint density at radius 3 is 2.32 bits per heavy atom. The second-order valence-corrected chi connectivity index (χ2v) is 5.22. The van der Waals surface area contributed by atoms with Crippen LogP contribution in [0.25, 0.3) is 6.08 Å². The Morgan fingerprint density at radius 2 is 1.82 bits per heavy atom. The predicted molar refractivity (Wildman–Crippen MR) is 86.4 cm³/mol. The number of ketones is 1. The summed E-state index contributed by atoms with van der Waals surface area (Å²) in [5, 5.41) is 9.08. The Balaban J connectivity index is 2.25. The third kappa shape index (κ3) is 3.17. The van der Waals surface area contributed by atoms with E-state index >= 15 is 0 Å². The van der Waals surface area contributed by atoms with Gasteiger partial charge < -0.3 is 10.1 Å². The van der Waals surface area contributed by atoms with Crippen LogP contribution in [-0.4, -0.2) is 21.8 Å². The summed E-state index contributed by atoms with van der Waals surface area (Å²) < 4.78 is 0. The molecule has 0 atom stereocenters. The molecule has 1 heterocycles. The fraction of sp³-hybridized carbons (Fsp3) is 0.222. The minimum Gasteiger partial charge on any atom is -0.477 e. The van der Waals surface area contributed by atoms with Crippen molar-refractivity contribution >= 4 is 17.8 Å². The summed E-state index contributed by atoms with van der Waals surface area (Å²) in [5.74, 6) is -1.25. The van der Waals surface area contributed by atoms with Crippen molar-refractivity contribution in [2.24, 2.45) is 0 Å². The standard InChI is InChI=1S/C18H19NO3/c1-4-13-5-7-14(8-6-13)9-10-15(20)16-11(2)17(18(21)22)19-12(16)3/h5-10,19H,4H2,1-3H3,(H,21,22)/b10-9+. The Morgan fingerprint density at radius 1 is 1.18 bits per heavy atom. The van der Waals surface area contributed by atoms with Crippen molar-refractivity contribution in [2.45, 2.75) is 27.2 Å². The van der Waals surface area contributed by atoms with Gasteiger partial charge in [-0.25, -0.2) is 4.79 Å². The van der Waals surface area contributed by atoms with E-state index in [2.05, 4.69) is 11.9 Å². The number of aromatic amines is 1. The van der Waals surface area contributed by atoms with E-state index in [4.69, 9.17) is 5.11 Å². The second kappa shape index (κ2) is 6.43. The van der Waals surface area contributed by atoms with Gasteiger partial charge in [0.25, 0.3) is 0 Å². The first-order valence-electron chi connectivity index (χ1n) is 7.17. The minimum atomic E-state index is -1.06. The number of aromatic nitrogens is 1. The van der Waals surface area contributed by atoms with E-state index < -0.39 is 5.97 Å². The highest BCUT2D eigenvalue weighted by Gasteiger charge is 2.19. The fourth-order valence-corrected chi connectivity index (χ4v) is 2.45. The maximum atomic E-state index is 12.3. The van der Waals surface area contributed by atoms with Crippen molar-refractivity contribution < 1.29 is 14.7 Å². The smallest absolute Gasteiger partial charge is 0.352 e. The molecule has 0 fully saturated rings. The van der Waals surface area contributed by atoms with Gasteiger partial charge in [-0.3, -0.25) is 4.79 Å². The van der Waals surface area contributed by atoms with Crippen LogP contribution in [0.4, 0.5) is 0 Å². The number of carboxylic acids is 1. The van der Waals surface area contributed by atoms with Gasteiger partial charge in [0.15, 0.2) is 5.78 Å². The number of carbonyl (C=O) groups is 2. The van der Waals surface area contributed by atoms with Gasteiger partial charge in [-0.2, -0.15) is 0 Å². The van der Waals surface area contributed by atoms with Gasteiger partial charge in [0, 0.05) is 11.3 Å². The van der Waals surface area contributed by atoms with E-state index in [1.165, 1.54) is 11.6 Å². The number of H-pyrrole nitrogens is 1. The number of nitrogens with one attached hydrogen (secondary N) is 1. The zero-order valence-electron chi connectivity index (χ0n) is 12.9. The molecule has 4 nitrogen and oxygen atoms in total. The van der Waals surface area contributed by atoms with E-state index in [-0.39, 0.29) is 11.5 Å². The summed E-state index contributed by atoms with van der Waals surface area (Å²) in [7, 11) is 0. The molecule has 0 bridgehead atoms. The molecular weight excluding hydrogens is 278 g/mol. The summed E-state index contributed by atoms with van der Waals surface area (Å²) in [5.41, 5.74) is 3.73. The first-order chi connectivity index (χ1) is 10.4. The Labute approximate surface area is 129 Å². The molecule has 0 amide bonds. The Hall–Kier alpha value is -2.62. The van der Waals surface area contributed by atoms with Crippen LogP contribution in [0, 0.1) is 13.8 Å². The first-order valence-corrected chi connectivity index (χ1v) is 7.17. The molecule has 0 aliphatic rings. The number of carboxylic acid groups (broad SMARTS) is 1. The van der Waals surface area contributed by atoms with Crippen molar-refractivity contribution in [1.82, 2.24) is 4.98 Å². The van der Waals surface area contributed by atoms with Crippen molar-refractivity contribution in [2.75, 3.05) is 0 Å². The zero-order valence-corrected chi connectivity index (χ0v) is 12.9. The molecule has 22 heavy (non-hydrogen) atoms. The quantitative estimate of drug-likeness (QED) is 0.651. The van der Waals surface area contributed by atoms with Crippen molar-refractivity contribution in [3.05, 3.63) is 64.0 Å². The van der Waals surface area contributed by atoms with Crippen LogP contribution in [0.3, 0.4) is 0 Å². The molecule has 1 aromatic carbocycles. The largest absolute Gasteiger partial charge is 0.477 e. The molecule has 1 aromatic heterocycles. The topological polar surface area (TPSA) is 70.2 Å². The number of hydrogen-bond acceptors (Lipinski definition) is 2. The van der Waals surface area contributed by atoms with Crippen LogP contribution in [0.5, 0.6) is 0 Å². The van der Waals surface area contributed by atoms with Gasteiger partial charge in [-0.05, 0) is 43.0 Å². The molecule has 2 N–H and O–H groups in total. The lowest BCUT2D eigenvalue weighted by Gasteiger charge is -1.99. The molecule has 4 heteroatoms. The molecule has 0 radical (unpaired) electrons. The third-order valence-corrected chi connectivity index (χ3v) is 3.71. The average molecular weight is 297 g/mol. The van der Waals surface area contributed by atoms with Crippen molar-refractivity contribution in [3.63, 3.8) is 0 Å². The summed E-state index contributed by atoms with van der Waals surface area (Å²) >= 11 is 0. The normalized spacial score (nSPS) is 11.0. The molecular formula is C18H19NO3. The molecule has 0 saturated carbocycles. The summed E-state index contributed by atoms with van der Waals surface area (Å²) in [4.78, 5) is 26.2. The molecule has 2 rings (SSSR count). The molecule has 0 aliphatic heterocycles. The third-order valence-electron chi connectivity index (χ3n) is 3.71. The number of rotatable bonds is 5. The Bertz CT molecular complexity index is 736. The van der Waals surface area contributed by atoms with E-state index in [9.17, 15) is 9.59 Å². The minimum absolute atomic E-state index is 0.0709. The number of hydrogen-bond donors (Lipinski definition) is 2. The van der Waals surface area contributed by atoms with E-state index in [0.29, 0.717) is 16.8 Å². The molecule has 0 unspecified atom stereocenters. The fourth-order valence-electron chi connectivity index (χ4n) is 2.45. The molecule has 0 spiro atoms. The maximum Gasteiger partial charge on any atom is 0.352 e. The lowest BCUT2D eigenvalue weighted by molar-refractivity contribution is 0.0690. The van der Waals surface area contributed by atoms with Gasteiger partial charge in [0.05, 0.1) is 0 Å². The first kappa shape index (κ1) is 15.8. The highest BCUT2D eigenvalue weighted by Crippen LogP contribution is 2.19. The van der Waals surface area contributed by atoms with Crippen LogP contribution in [0.2, 0.25) is 0 Å². The highest BCUT2D eigenvalue weighted by molar-refractivity contribution is 6.10. The zero-order chi connectivity index (χ0) is 16.3.